The fraction of sp³-hybridized carbons (Fsp3) is 0.636. The summed E-state index contributed by atoms with van der Waals surface area (Å²) in [5, 5.41) is 0. The monoisotopic (exact) mass is 378 g/mol. The Morgan fingerprint density at radius 3 is 2.41 bits per heavy atom. The van der Waals surface area contributed by atoms with Gasteiger partial charge in [0.15, 0.2) is 0 Å². The van der Waals surface area contributed by atoms with Crippen LogP contribution in [0.4, 0.5) is 0 Å². The smallest absolute Gasteiger partial charge is 0.150 e. The predicted octanol–water partition coefficient (Wildman–Crippen LogP) is 4.49. The molecule has 5 heteroatoms. The molecule has 0 radical (unpaired) electrons. The van der Waals surface area contributed by atoms with Crippen molar-refractivity contribution in [2.24, 2.45) is 0 Å². The molecule has 1 unspecified atom stereocenters. The van der Waals surface area contributed by atoms with E-state index in [1.165, 1.54) is 0 Å². The molecule has 1 aliphatic rings. The van der Waals surface area contributed by atoms with Crippen molar-refractivity contribution in [1.82, 2.24) is 0 Å². The topological polar surface area (TPSA) is 46.2 Å². The summed E-state index contributed by atoms with van der Waals surface area (Å²) in [4.78, 5) is 0. The SMILES string of the molecule is CCCCOCC1OC=C[C@@H](OCc2ccc(OC)cc2)[C@H]1OCCCC. The van der Waals surface area contributed by atoms with Crippen molar-refractivity contribution >= 4 is 0 Å². The van der Waals surface area contributed by atoms with Crippen LogP contribution in [0.25, 0.3) is 0 Å². The lowest BCUT2D eigenvalue weighted by Gasteiger charge is -2.34. The third-order valence-electron chi connectivity index (χ3n) is 4.55. The number of hydrogen-bond acceptors (Lipinski definition) is 5. The second-order valence-electron chi connectivity index (χ2n) is 6.74. The molecule has 0 N–H and O–H groups in total. The molecule has 0 aliphatic carbocycles. The van der Waals surface area contributed by atoms with Gasteiger partial charge in [0.1, 0.15) is 24.1 Å². The molecule has 152 valence electrons. The van der Waals surface area contributed by atoms with E-state index in [0.717, 1.165) is 43.6 Å². The molecule has 0 bridgehead atoms. The third kappa shape index (κ3) is 7.53. The van der Waals surface area contributed by atoms with E-state index in [1.807, 2.05) is 30.3 Å². The van der Waals surface area contributed by atoms with Crippen molar-refractivity contribution < 1.29 is 23.7 Å². The summed E-state index contributed by atoms with van der Waals surface area (Å²) < 4.78 is 29.1. The number of hydrogen-bond donors (Lipinski definition) is 0. The average Bonchev–Trinajstić information content (AvgIpc) is 2.71. The van der Waals surface area contributed by atoms with Gasteiger partial charge in [-0.1, -0.05) is 38.8 Å². The highest BCUT2D eigenvalue weighted by atomic mass is 16.6. The van der Waals surface area contributed by atoms with Crippen molar-refractivity contribution in [2.75, 3.05) is 26.9 Å². The molecule has 0 saturated heterocycles. The minimum atomic E-state index is -0.165. The van der Waals surface area contributed by atoms with Crippen LogP contribution in [0.15, 0.2) is 36.6 Å². The van der Waals surface area contributed by atoms with Crippen molar-refractivity contribution in [3.63, 3.8) is 0 Å². The van der Waals surface area contributed by atoms with Gasteiger partial charge in [-0.25, -0.2) is 0 Å². The molecule has 0 fully saturated rings. The van der Waals surface area contributed by atoms with E-state index in [9.17, 15) is 0 Å². The van der Waals surface area contributed by atoms with Crippen LogP contribution in [-0.4, -0.2) is 45.2 Å². The Bertz CT molecular complexity index is 528. The Morgan fingerprint density at radius 2 is 1.70 bits per heavy atom. The van der Waals surface area contributed by atoms with Crippen LogP contribution in [0, 0.1) is 0 Å². The first kappa shape index (κ1) is 21.7. The van der Waals surface area contributed by atoms with Gasteiger partial charge in [0, 0.05) is 13.2 Å². The maximum absolute atomic E-state index is 6.16. The molecule has 1 aromatic carbocycles. The molecule has 0 saturated carbocycles. The van der Waals surface area contributed by atoms with Crippen LogP contribution in [0.1, 0.15) is 45.1 Å². The van der Waals surface area contributed by atoms with Crippen LogP contribution in [-0.2, 0) is 25.6 Å². The zero-order valence-electron chi connectivity index (χ0n) is 16.9. The van der Waals surface area contributed by atoms with Crippen LogP contribution < -0.4 is 4.74 Å². The van der Waals surface area contributed by atoms with Crippen LogP contribution >= 0.6 is 0 Å². The highest BCUT2D eigenvalue weighted by molar-refractivity contribution is 5.26. The van der Waals surface area contributed by atoms with Crippen LogP contribution in [0.5, 0.6) is 5.75 Å². The van der Waals surface area contributed by atoms with Gasteiger partial charge in [-0.2, -0.15) is 0 Å². The Kier molecular flexibility index (Phi) is 10.3. The van der Waals surface area contributed by atoms with Gasteiger partial charge < -0.3 is 23.7 Å². The van der Waals surface area contributed by atoms with Gasteiger partial charge in [0.25, 0.3) is 0 Å². The van der Waals surface area contributed by atoms with Gasteiger partial charge in [-0.05, 0) is 36.6 Å². The van der Waals surface area contributed by atoms with Gasteiger partial charge in [0.05, 0.1) is 26.6 Å². The molecule has 3 atom stereocenters. The van der Waals surface area contributed by atoms with E-state index in [2.05, 4.69) is 13.8 Å². The van der Waals surface area contributed by atoms with Crippen molar-refractivity contribution in [3.05, 3.63) is 42.2 Å². The maximum atomic E-state index is 6.16. The lowest BCUT2D eigenvalue weighted by Crippen LogP contribution is -2.46. The molecule has 27 heavy (non-hydrogen) atoms. The quantitative estimate of drug-likeness (QED) is 0.473. The summed E-state index contributed by atoms with van der Waals surface area (Å²) in [6.07, 6.45) is 7.47. The Balaban J connectivity index is 1.92. The lowest BCUT2D eigenvalue weighted by atomic mass is 10.1. The summed E-state index contributed by atoms with van der Waals surface area (Å²) in [5.74, 6) is 0.842. The minimum Gasteiger partial charge on any atom is -0.497 e. The van der Waals surface area contributed by atoms with Crippen molar-refractivity contribution in [2.45, 2.75) is 64.4 Å². The van der Waals surface area contributed by atoms with Crippen LogP contribution in [0.2, 0.25) is 0 Å². The number of methoxy groups -OCH3 is 1. The first-order valence-electron chi connectivity index (χ1n) is 10.0. The Labute approximate surface area is 163 Å². The summed E-state index contributed by atoms with van der Waals surface area (Å²) in [5.41, 5.74) is 1.10. The predicted molar refractivity (Wildman–Crippen MR) is 106 cm³/mol. The molecule has 1 aromatic rings. The van der Waals surface area contributed by atoms with Gasteiger partial charge in [-0.3, -0.25) is 0 Å². The second kappa shape index (κ2) is 12.8. The number of unbranched alkanes of at least 4 members (excludes halogenated alkanes) is 2. The van der Waals surface area contributed by atoms with E-state index >= 15 is 0 Å². The maximum Gasteiger partial charge on any atom is 0.150 e. The first-order valence-corrected chi connectivity index (χ1v) is 10.0. The standard InChI is InChI=1S/C22H34O5/c1-4-6-13-24-17-21-22(26-14-7-5-2)20(12-15-25-21)27-16-18-8-10-19(23-3)11-9-18/h8-12,15,20-22H,4-7,13-14,16-17H2,1-3H3/t20-,21?,22-/m1/s1. The molecule has 0 amide bonds. The molecule has 0 aromatic heterocycles. The van der Waals surface area contributed by atoms with Crippen molar-refractivity contribution in [3.8, 4) is 5.75 Å². The van der Waals surface area contributed by atoms with Gasteiger partial charge in [-0.15, -0.1) is 0 Å². The van der Waals surface area contributed by atoms with Crippen molar-refractivity contribution in [1.29, 1.82) is 0 Å². The first-order chi connectivity index (χ1) is 13.3. The summed E-state index contributed by atoms with van der Waals surface area (Å²) in [6.45, 7) is 6.79. The average molecular weight is 379 g/mol. The molecular formula is C22H34O5. The highest BCUT2D eigenvalue weighted by Crippen LogP contribution is 2.22. The summed E-state index contributed by atoms with van der Waals surface area (Å²) in [7, 11) is 1.67. The molecular weight excluding hydrogens is 344 g/mol. The second-order valence-corrected chi connectivity index (χ2v) is 6.74. The van der Waals surface area contributed by atoms with E-state index in [4.69, 9.17) is 23.7 Å². The number of ether oxygens (including phenoxy) is 5. The molecule has 5 nitrogen and oxygen atoms in total. The minimum absolute atomic E-state index is 0.149. The van der Waals surface area contributed by atoms with E-state index in [-0.39, 0.29) is 18.3 Å². The highest BCUT2D eigenvalue weighted by Gasteiger charge is 2.34. The summed E-state index contributed by atoms with van der Waals surface area (Å²) in [6, 6.07) is 7.91. The Hall–Kier alpha value is -1.56. The van der Waals surface area contributed by atoms with Gasteiger partial charge in [0.2, 0.25) is 0 Å². The third-order valence-corrected chi connectivity index (χ3v) is 4.55. The number of rotatable bonds is 13. The zero-order chi connectivity index (χ0) is 19.3. The fourth-order valence-corrected chi connectivity index (χ4v) is 2.83. The molecule has 2 rings (SSSR count). The number of benzene rings is 1. The largest absolute Gasteiger partial charge is 0.497 e. The molecule has 0 spiro atoms. The van der Waals surface area contributed by atoms with Crippen LogP contribution in [0.3, 0.4) is 0 Å². The fourth-order valence-electron chi connectivity index (χ4n) is 2.83. The van der Waals surface area contributed by atoms with E-state index < -0.39 is 0 Å². The Morgan fingerprint density at radius 1 is 0.963 bits per heavy atom. The van der Waals surface area contributed by atoms with E-state index in [0.29, 0.717) is 19.8 Å². The lowest BCUT2D eigenvalue weighted by molar-refractivity contribution is -0.141. The molecule has 1 aliphatic heterocycles. The zero-order valence-corrected chi connectivity index (χ0v) is 16.9. The summed E-state index contributed by atoms with van der Waals surface area (Å²) >= 11 is 0. The molecule has 1 heterocycles. The van der Waals surface area contributed by atoms with E-state index in [1.54, 1.807) is 13.4 Å². The van der Waals surface area contributed by atoms with Gasteiger partial charge >= 0.3 is 0 Å². The normalized spacial score (nSPS) is 21.8.